The van der Waals surface area contributed by atoms with Crippen molar-refractivity contribution < 1.29 is 9.59 Å². The molecule has 0 saturated carbocycles. The summed E-state index contributed by atoms with van der Waals surface area (Å²) in [6.07, 6.45) is 1.78. The SMILES string of the molecule is Cl.O=C(NCCCN1CCN(CCCNC(=O)c2cc(-c3ccccc3)nc3ccccc23)CC1)c1cc(-c2ccccc2)nc2ccccc12. The Bertz CT molecular complexity index is 1930. The number of piperazine rings is 1. The highest BCUT2D eigenvalue weighted by atomic mass is 35.5. The smallest absolute Gasteiger partial charge is 0.252 e. The molecule has 3 heterocycles. The number of hydrogen-bond acceptors (Lipinski definition) is 6. The Balaban J connectivity index is 0.00000448. The normalized spacial score (nSPS) is 13.5. The monoisotopic (exact) mass is 698 g/mol. The summed E-state index contributed by atoms with van der Waals surface area (Å²) in [5.74, 6) is -0.127. The quantitative estimate of drug-likeness (QED) is 0.133. The summed E-state index contributed by atoms with van der Waals surface area (Å²) in [7, 11) is 0. The Morgan fingerprint density at radius 2 is 0.902 bits per heavy atom. The third kappa shape index (κ3) is 8.78. The minimum Gasteiger partial charge on any atom is -0.352 e. The molecule has 0 bridgehead atoms. The van der Waals surface area contributed by atoms with Gasteiger partial charge in [-0.3, -0.25) is 9.59 Å². The molecule has 0 spiro atoms. The van der Waals surface area contributed by atoms with Crippen molar-refractivity contribution in [3.8, 4) is 22.5 Å². The van der Waals surface area contributed by atoms with Crippen molar-refractivity contribution in [2.24, 2.45) is 0 Å². The molecule has 6 aromatic rings. The summed E-state index contributed by atoms with van der Waals surface area (Å²) in [5.41, 5.74) is 6.54. The van der Waals surface area contributed by atoms with Crippen LogP contribution in [0.5, 0.6) is 0 Å². The van der Waals surface area contributed by atoms with Crippen LogP contribution in [0.3, 0.4) is 0 Å². The number of rotatable bonds is 12. The molecule has 2 amide bonds. The number of hydrogen-bond donors (Lipinski definition) is 2. The van der Waals surface area contributed by atoms with Crippen LogP contribution in [0, 0.1) is 0 Å². The molecule has 7 rings (SSSR count). The largest absolute Gasteiger partial charge is 0.352 e. The van der Waals surface area contributed by atoms with E-state index in [0.717, 1.165) is 96.4 Å². The van der Waals surface area contributed by atoms with Crippen molar-refractivity contribution in [3.05, 3.63) is 132 Å². The van der Waals surface area contributed by atoms with Gasteiger partial charge in [0.15, 0.2) is 0 Å². The van der Waals surface area contributed by atoms with E-state index in [9.17, 15) is 9.59 Å². The molecule has 4 aromatic carbocycles. The second-order valence-corrected chi connectivity index (χ2v) is 12.8. The predicted octanol–water partition coefficient (Wildman–Crippen LogP) is 7.10. The van der Waals surface area contributed by atoms with Crippen LogP contribution in [0.4, 0.5) is 0 Å². The highest BCUT2D eigenvalue weighted by Crippen LogP contribution is 2.26. The lowest BCUT2D eigenvalue weighted by atomic mass is 10.0. The van der Waals surface area contributed by atoms with Crippen LogP contribution in [0.15, 0.2) is 121 Å². The number of amides is 2. The number of para-hydroxylation sites is 2. The van der Waals surface area contributed by atoms with Crippen LogP contribution in [0.25, 0.3) is 44.3 Å². The summed E-state index contributed by atoms with van der Waals surface area (Å²) < 4.78 is 0. The molecule has 8 nitrogen and oxygen atoms in total. The maximum absolute atomic E-state index is 13.3. The molecule has 1 saturated heterocycles. The van der Waals surface area contributed by atoms with Gasteiger partial charge in [-0.1, -0.05) is 97.1 Å². The van der Waals surface area contributed by atoms with Gasteiger partial charge < -0.3 is 20.4 Å². The zero-order chi connectivity index (χ0) is 34.1. The van der Waals surface area contributed by atoms with Gasteiger partial charge in [0.25, 0.3) is 11.8 Å². The number of benzene rings is 4. The number of carbonyl (C=O) groups is 2. The van der Waals surface area contributed by atoms with Crippen LogP contribution in [0.2, 0.25) is 0 Å². The van der Waals surface area contributed by atoms with Gasteiger partial charge in [0, 0.05) is 61.2 Å². The van der Waals surface area contributed by atoms with Gasteiger partial charge in [-0.15, -0.1) is 12.4 Å². The van der Waals surface area contributed by atoms with Crippen molar-refractivity contribution >= 4 is 46.0 Å². The molecule has 51 heavy (non-hydrogen) atoms. The molecule has 0 radical (unpaired) electrons. The fourth-order valence-corrected chi connectivity index (χ4v) is 6.68. The lowest BCUT2D eigenvalue weighted by Crippen LogP contribution is -2.47. The van der Waals surface area contributed by atoms with E-state index in [1.807, 2.05) is 121 Å². The topological polar surface area (TPSA) is 90.5 Å². The summed E-state index contributed by atoms with van der Waals surface area (Å²) in [4.78, 5) is 41.2. The first-order valence-corrected chi connectivity index (χ1v) is 17.5. The zero-order valence-electron chi connectivity index (χ0n) is 28.6. The maximum Gasteiger partial charge on any atom is 0.252 e. The Hall–Kier alpha value is -5.15. The number of pyridine rings is 2. The van der Waals surface area contributed by atoms with Crippen LogP contribution in [-0.4, -0.2) is 83.9 Å². The molecule has 0 unspecified atom stereocenters. The van der Waals surface area contributed by atoms with E-state index < -0.39 is 0 Å². The Morgan fingerprint density at radius 3 is 1.31 bits per heavy atom. The molecule has 260 valence electrons. The third-order valence-corrected chi connectivity index (χ3v) is 9.40. The van der Waals surface area contributed by atoms with Gasteiger partial charge in [0.1, 0.15) is 0 Å². The first-order chi connectivity index (χ1) is 24.6. The van der Waals surface area contributed by atoms with Crippen LogP contribution < -0.4 is 10.6 Å². The number of aromatic nitrogens is 2. The van der Waals surface area contributed by atoms with Crippen LogP contribution in [-0.2, 0) is 0 Å². The highest BCUT2D eigenvalue weighted by Gasteiger charge is 2.18. The van der Waals surface area contributed by atoms with E-state index in [-0.39, 0.29) is 24.2 Å². The first kappa shape index (κ1) is 35.7. The molecular formula is C42H43ClN6O2. The number of fused-ring (bicyclic) bond motifs is 2. The second kappa shape index (κ2) is 17.2. The molecule has 0 atom stereocenters. The van der Waals surface area contributed by atoms with Crippen molar-refractivity contribution in [2.45, 2.75) is 12.8 Å². The zero-order valence-corrected chi connectivity index (χ0v) is 29.4. The number of halogens is 1. The van der Waals surface area contributed by atoms with E-state index in [1.54, 1.807) is 0 Å². The molecule has 1 fully saturated rings. The van der Waals surface area contributed by atoms with Crippen molar-refractivity contribution in [1.29, 1.82) is 0 Å². The van der Waals surface area contributed by atoms with E-state index in [4.69, 9.17) is 9.97 Å². The van der Waals surface area contributed by atoms with Crippen LogP contribution in [0.1, 0.15) is 33.6 Å². The van der Waals surface area contributed by atoms with Gasteiger partial charge in [0.2, 0.25) is 0 Å². The van der Waals surface area contributed by atoms with Gasteiger partial charge in [0.05, 0.1) is 33.5 Å². The minimum atomic E-state index is -0.0635. The first-order valence-electron chi connectivity index (χ1n) is 17.5. The van der Waals surface area contributed by atoms with E-state index >= 15 is 0 Å². The van der Waals surface area contributed by atoms with E-state index in [1.165, 1.54) is 0 Å². The van der Waals surface area contributed by atoms with Gasteiger partial charge in [-0.05, 0) is 50.2 Å². The number of nitrogens with zero attached hydrogens (tertiary/aromatic N) is 4. The van der Waals surface area contributed by atoms with Gasteiger partial charge in [-0.25, -0.2) is 9.97 Å². The molecule has 1 aliphatic rings. The summed E-state index contributed by atoms with van der Waals surface area (Å²) in [6.45, 7) is 7.14. The Morgan fingerprint density at radius 1 is 0.529 bits per heavy atom. The average Bonchev–Trinajstić information content (AvgIpc) is 3.18. The number of nitrogens with one attached hydrogen (secondary N) is 2. The number of carbonyl (C=O) groups excluding carboxylic acids is 2. The summed E-state index contributed by atoms with van der Waals surface area (Å²) in [6, 6.07) is 39.4. The second-order valence-electron chi connectivity index (χ2n) is 12.8. The van der Waals surface area contributed by atoms with Crippen LogP contribution >= 0.6 is 12.4 Å². The Kier molecular flexibility index (Phi) is 12.0. The standard InChI is InChI=1S/C42H42N6O2.ClH/c49-41(35-29-39(31-13-3-1-4-14-31)45-37-19-9-7-17-33(35)37)43-21-11-23-47-25-27-48(28-26-47)24-12-22-44-42(50)36-30-40(32-15-5-2-6-16-32)46-38-20-10-8-18-34(36)38;/h1-10,13-20,29-30H,11-12,21-28H2,(H,43,49)(H,44,50);1H. The lowest BCUT2D eigenvalue weighted by molar-refractivity contribution is 0.0936. The molecule has 2 aromatic heterocycles. The lowest BCUT2D eigenvalue weighted by Gasteiger charge is -2.34. The minimum absolute atomic E-state index is 0. The Labute approximate surface area is 305 Å². The van der Waals surface area contributed by atoms with Crippen molar-refractivity contribution in [3.63, 3.8) is 0 Å². The summed E-state index contributed by atoms with van der Waals surface area (Å²) >= 11 is 0. The van der Waals surface area contributed by atoms with Gasteiger partial charge >= 0.3 is 0 Å². The highest BCUT2D eigenvalue weighted by molar-refractivity contribution is 6.08. The molecule has 0 aliphatic carbocycles. The van der Waals surface area contributed by atoms with Crippen molar-refractivity contribution in [2.75, 3.05) is 52.4 Å². The summed E-state index contributed by atoms with van der Waals surface area (Å²) in [5, 5.41) is 8.03. The van der Waals surface area contributed by atoms with E-state index in [0.29, 0.717) is 24.2 Å². The molecule has 2 N–H and O–H groups in total. The van der Waals surface area contributed by atoms with Gasteiger partial charge in [-0.2, -0.15) is 0 Å². The predicted molar refractivity (Wildman–Crippen MR) is 208 cm³/mol. The molecule has 9 heteroatoms. The third-order valence-electron chi connectivity index (χ3n) is 9.40. The molecule has 1 aliphatic heterocycles. The molecular weight excluding hydrogens is 656 g/mol. The fraction of sp³-hybridized carbons (Fsp3) is 0.238. The maximum atomic E-state index is 13.3. The fourth-order valence-electron chi connectivity index (χ4n) is 6.68. The van der Waals surface area contributed by atoms with E-state index in [2.05, 4.69) is 20.4 Å². The van der Waals surface area contributed by atoms with Crippen molar-refractivity contribution in [1.82, 2.24) is 30.4 Å². The average molecular weight is 699 g/mol.